The fourth-order valence-corrected chi connectivity index (χ4v) is 4.88. The van der Waals surface area contributed by atoms with Crippen LogP contribution in [0.25, 0.3) is 27.8 Å². The summed E-state index contributed by atoms with van der Waals surface area (Å²) in [6, 6.07) is 7.89. The Labute approximate surface area is 178 Å². The van der Waals surface area contributed by atoms with Crippen LogP contribution in [0.5, 0.6) is 0 Å². The van der Waals surface area contributed by atoms with Crippen molar-refractivity contribution in [2.24, 2.45) is 5.92 Å². The lowest BCUT2D eigenvalue weighted by atomic mass is 9.81. The van der Waals surface area contributed by atoms with E-state index >= 15 is 0 Å². The molecular weight excluding hydrogens is 400 g/mol. The first-order chi connectivity index (χ1) is 14.7. The third-order valence-corrected chi connectivity index (χ3v) is 6.49. The summed E-state index contributed by atoms with van der Waals surface area (Å²) in [6.45, 7) is 0.747. The van der Waals surface area contributed by atoms with Crippen molar-refractivity contribution in [1.29, 1.82) is 0 Å². The van der Waals surface area contributed by atoms with E-state index in [0.717, 1.165) is 72.3 Å². The summed E-state index contributed by atoms with van der Waals surface area (Å²) < 4.78 is 2.08. The van der Waals surface area contributed by atoms with Gasteiger partial charge in [0.05, 0.1) is 16.2 Å². The predicted molar refractivity (Wildman–Crippen MR) is 118 cm³/mol. The van der Waals surface area contributed by atoms with Crippen LogP contribution in [-0.4, -0.2) is 32.3 Å². The molecule has 0 spiro atoms. The van der Waals surface area contributed by atoms with Crippen LogP contribution in [-0.2, 0) is 4.79 Å². The molecule has 1 saturated carbocycles. The molecule has 1 aliphatic carbocycles. The second kappa shape index (κ2) is 7.65. The van der Waals surface area contributed by atoms with Gasteiger partial charge in [0.1, 0.15) is 22.9 Å². The Bertz CT molecular complexity index is 1220. The fourth-order valence-electron chi connectivity index (χ4n) is 4.65. The molecule has 3 heterocycles. The van der Waals surface area contributed by atoms with Crippen LogP contribution in [0.1, 0.15) is 37.4 Å². The van der Waals surface area contributed by atoms with Crippen LogP contribution >= 0.6 is 11.6 Å². The minimum Gasteiger partial charge on any atom is -0.382 e. The van der Waals surface area contributed by atoms with Gasteiger partial charge in [0, 0.05) is 30.2 Å². The molecule has 0 saturated heterocycles. The summed E-state index contributed by atoms with van der Waals surface area (Å²) in [7, 11) is 0. The van der Waals surface area contributed by atoms with Gasteiger partial charge in [-0.1, -0.05) is 23.7 Å². The lowest BCUT2D eigenvalue weighted by molar-refractivity contribution is -0.109. The molecule has 0 unspecified atom stereocenters. The summed E-state index contributed by atoms with van der Waals surface area (Å²) in [5.41, 5.74) is 9.67. The number of fused-ring (bicyclic) bond motifs is 2. The smallest absolute Gasteiger partial charge is 0.207 e. The van der Waals surface area contributed by atoms with Crippen molar-refractivity contribution >= 4 is 40.2 Å². The molecule has 4 N–H and O–H groups in total. The zero-order valence-corrected chi connectivity index (χ0v) is 17.2. The second-order valence-corrected chi connectivity index (χ2v) is 8.39. The maximum atomic E-state index is 10.6. The van der Waals surface area contributed by atoms with E-state index < -0.39 is 0 Å². The van der Waals surface area contributed by atoms with Crippen LogP contribution < -0.4 is 11.1 Å². The number of para-hydroxylation sites is 1. The Kier molecular flexibility index (Phi) is 4.83. The van der Waals surface area contributed by atoms with Gasteiger partial charge in [0.2, 0.25) is 6.41 Å². The Morgan fingerprint density at radius 3 is 2.90 bits per heavy atom. The molecule has 1 aliphatic rings. The van der Waals surface area contributed by atoms with E-state index in [9.17, 15) is 4.79 Å². The first kappa shape index (κ1) is 18.9. The minimum atomic E-state index is 0.341. The maximum Gasteiger partial charge on any atom is 0.207 e. The Morgan fingerprint density at radius 1 is 1.30 bits per heavy atom. The number of nitrogen functional groups attached to an aromatic ring is 1. The van der Waals surface area contributed by atoms with Gasteiger partial charge in [0.15, 0.2) is 0 Å². The number of hydrogen-bond donors (Lipinski definition) is 3. The standard InChI is InChI=1S/C22H23ClN6O/c23-16-3-1-2-15-10-17(27-18(15)16)19-20-21(24)26-8-9-29(20)22(28-19)14-6-4-13(5-7-14)11-25-12-30/h1-3,8-10,12-14,27H,4-7,11H2,(H2,24,26)(H,25,30). The molecular formula is C22H23ClN6O. The third-order valence-electron chi connectivity index (χ3n) is 6.17. The molecule has 0 bridgehead atoms. The lowest BCUT2D eigenvalue weighted by Crippen LogP contribution is -2.25. The van der Waals surface area contributed by atoms with Crippen LogP contribution in [0.2, 0.25) is 5.02 Å². The molecule has 8 heteroatoms. The number of hydrogen-bond acceptors (Lipinski definition) is 4. The number of rotatable bonds is 5. The van der Waals surface area contributed by atoms with Crippen LogP contribution in [0.15, 0.2) is 36.7 Å². The van der Waals surface area contributed by atoms with Gasteiger partial charge in [-0.05, 0) is 43.7 Å². The number of carbonyl (C=O) groups excluding carboxylic acids is 1. The van der Waals surface area contributed by atoms with Crippen LogP contribution in [0.3, 0.4) is 0 Å². The molecule has 0 atom stereocenters. The lowest BCUT2D eigenvalue weighted by Gasteiger charge is -2.27. The van der Waals surface area contributed by atoms with Gasteiger partial charge in [-0.25, -0.2) is 9.97 Å². The van der Waals surface area contributed by atoms with Crippen molar-refractivity contribution in [3.63, 3.8) is 0 Å². The number of H-pyrrole nitrogens is 1. The summed E-state index contributed by atoms with van der Waals surface area (Å²) in [6.07, 6.45) is 8.64. The average Bonchev–Trinajstić information content (AvgIpc) is 3.36. The number of imidazole rings is 1. The Hall–Kier alpha value is -3.06. The topological polar surface area (TPSA) is 101 Å². The summed E-state index contributed by atoms with van der Waals surface area (Å²) in [5.74, 6) is 2.34. The van der Waals surface area contributed by atoms with Crippen molar-refractivity contribution in [2.45, 2.75) is 31.6 Å². The van der Waals surface area contributed by atoms with E-state index in [1.807, 2.05) is 24.4 Å². The molecule has 1 aromatic carbocycles. The van der Waals surface area contributed by atoms with Crippen LogP contribution in [0.4, 0.5) is 5.82 Å². The third kappa shape index (κ3) is 3.19. The molecule has 154 valence electrons. The molecule has 7 nitrogen and oxygen atoms in total. The number of amides is 1. The van der Waals surface area contributed by atoms with E-state index in [0.29, 0.717) is 22.7 Å². The van der Waals surface area contributed by atoms with Crippen molar-refractivity contribution in [2.75, 3.05) is 12.3 Å². The average molecular weight is 423 g/mol. The highest BCUT2D eigenvalue weighted by Gasteiger charge is 2.27. The van der Waals surface area contributed by atoms with Crippen molar-refractivity contribution in [3.05, 3.63) is 47.5 Å². The van der Waals surface area contributed by atoms with Gasteiger partial charge in [-0.15, -0.1) is 0 Å². The quantitative estimate of drug-likeness (QED) is 0.421. The second-order valence-electron chi connectivity index (χ2n) is 7.98. The molecule has 4 aromatic rings. The van der Waals surface area contributed by atoms with Gasteiger partial charge in [-0.2, -0.15) is 0 Å². The fraction of sp³-hybridized carbons (Fsp3) is 0.318. The number of benzene rings is 1. The number of carbonyl (C=O) groups is 1. The summed E-state index contributed by atoms with van der Waals surface area (Å²) in [5, 5.41) is 4.52. The molecule has 5 rings (SSSR count). The van der Waals surface area contributed by atoms with E-state index in [1.165, 1.54) is 0 Å². The molecule has 0 radical (unpaired) electrons. The first-order valence-corrected chi connectivity index (χ1v) is 10.6. The number of nitrogens with one attached hydrogen (secondary N) is 2. The highest BCUT2D eigenvalue weighted by molar-refractivity contribution is 6.35. The van der Waals surface area contributed by atoms with Gasteiger partial charge in [0.25, 0.3) is 0 Å². The minimum absolute atomic E-state index is 0.341. The Morgan fingerprint density at radius 2 is 2.13 bits per heavy atom. The zero-order chi connectivity index (χ0) is 20.7. The number of nitrogens with two attached hydrogens (primary N) is 1. The van der Waals surface area contributed by atoms with E-state index in [1.54, 1.807) is 6.20 Å². The van der Waals surface area contributed by atoms with Crippen molar-refractivity contribution < 1.29 is 4.79 Å². The van der Waals surface area contributed by atoms with Crippen molar-refractivity contribution in [1.82, 2.24) is 24.7 Å². The van der Waals surface area contributed by atoms with Crippen LogP contribution in [0, 0.1) is 5.92 Å². The highest BCUT2D eigenvalue weighted by atomic mass is 35.5. The van der Waals surface area contributed by atoms with Gasteiger partial charge in [-0.3, -0.25) is 9.20 Å². The highest BCUT2D eigenvalue weighted by Crippen LogP contribution is 2.39. The summed E-state index contributed by atoms with van der Waals surface area (Å²) in [4.78, 5) is 23.4. The predicted octanol–water partition coefficient (Wildman–Crippen LogP) is 4.13. The molecule has 3 aromatic heterocycles. The Balaban J connectivity index is 1.56. The zero-order valence-electron chi connectivity index (χ0n) is 16.4. The molecule has 0 aliphatic heterocycles. The van der Waals surface area contributed by atoms with Crippen molar-refractivity contribution in [3.8, 4) is 11.4 Å². The number of halogens is 1. The summed E-state index contributed by atoms with van der Waals surface area (Å²) >= 11 is 6.36. The molecule has 1 amide bonds. The number of nitrogens with zero attached hydrogens (tertiary/aromatic N) is 3. The first-order valence-electron chi connectivity index (χ1n) is 10.2. The normalized spacial score (nSPS) is 19.4. The number of aromatic nitrogens is 4. The largest absolute Gasteiger partial charge is 0.382 e. The SMILES string of the molecule is Nc1nccn2c(C3CCC(CNC=O)CC3)nc(-c3cc4cccc(Cl)c4[nH]3)c12. The van der Waals surface area contributed by atoms with E-state index in [2.05, 4.69) is 25.8 Å². The van der Waals surface area contributed by atoms with Gasteiger partial charge >= 0.3 is 0 Å². The van der Waals surface area contributed by atoms with E-state index in [4.69, 9.17) is 22.3 Å². The molecule has 30 heavy (non-hydrogen) atoms. The monoisotopic (exact) mass is 422 g/mol. The van der Waals surface area contributed by atoms with E-state index in [-0.39, 0.29) is 0 Å². The molecule has 1 fully saturated rings. The number of anilines is 1. The maximum absolute atomic E-state index is 10.6. The van der Waals surface area contributed by atoms with Gasteiger partial charge < -0.3 is 16.0 Å². The number of aromatic amines is 1.